The summed E-state index contributed by atoms with van der Waals surface area (Å²) in [5.74, 6) is -0.291. The number of aliphatic hydroxyl groups is 1. The van der Waals surface area contributed by atoms with Crippen molar-refractivity contribution >= 4 is 5.91 Å². The molecule has 5 heteroatoms. The second kappa shape index (κ2) is 5.48. The Bertz CT molecular complexity index is 432. The number of nitrogens with two attached hydrogens (primary N) is 1. The summed E-state index contributed by atoms with van der Waals surface area (Å²) < 4.78 is 4.98. The zero-order valence-electron chi connectivity index (χ0n) is 10.3. The van der Waals surface area contributed by atoms with Gasteiger partial charge in [-0.05, 0) is 11.1 Å². The van der Waals surface area contributed by atoms with Crippen molar-refractivity contribution in [1.82, 2.24) is 5.32 Å². The van der Waals surface area contributed by atoms with Gasteiger partial charge in [0, 0.05) is 20.1 Å². The lowest BCUT2D eigenvalue weighted by Gasteiger charge is -2.21. The van der Waals surface area contributed by atoms with Crippen LogP contribution >= 0.6 is 0 Å². The Hall–Kier alpha value is -1.43. The summed E-state index contributed by atoms with van der Waals surface area (Å²) in [6, 6.07) is 7.32. The van der Waals surface area contributed by atoms with Gasteiger partial charge in [0.1, 0.15) is 6.10 Å². The number of aliphatic hydroxyl groups excluding tert-OH is 1. The molecular formula is C13H18N2O3. The van der Waals surface area contributed by atoms with Crippen LogP contribution < -0.4 is 11.1 Å². The number of benzene rings is 1. The number of hydrogen-bond acceptors (Lipinski definition) is 4. The molecule has 0 spiro atoms. The minimum atomic E-state index is -0.676. The van der Waals surface area contributed by atoms with Gasteiger partial charge in [-0.2, -0.15) is 0 Å². The normalized spacial score (nSPS) is 23.5. The fraction of sp³-hybridized carbons (Fsp3) is 0.462. The third-order valence-electron chi connectivity index (χ3n) is 3.29. The minimum absolute atomic E-state index is 0.118. The van der Waals surface area contributed by atoms with Gasteiger partial charge in [-0.15, -0.1) is 0 Å². The molecule has 4 N–H and O–H groups in total. The van der Waals surface area contributed by atoms with E-state index in [0.29, 0.717) is 6.42 Å². The number of amides is 1. The highest BCUT2D eigenvalue weighted by atomic mass is 16.5. The van der Waals surface area contributed by atoms with Crippen molar-refractivity contribution in [3.8, 4) is 0 Å². The SMILES string of the molecule is COC(CN)C(=O)NC1c2ccccc2CC1O. The summed E-state index contributed by atoms with van der Waals surface area (Å²) in [6.07, 6.45) is -0.715. The summed E-state index contributed by atoms with van der Waals surface area (Å²) in [5, 5.41) is 12.8. The summed E-state index contributed by atoms with van der Waals surface area (Å²) in [5.41, 5.74) is 7.47. The first-order valence-corrected chi connectivity index (χ1v) is 5.96. The first-order chi connectivity index (χ1) is 8.67. The number of rotatable bonds is 4. The van der Waals surface area contributed by atoms with Crippen LogP contribution in [-0.2, 0) is 16.0 Å². The molecule has 18 heavy (non-hydrogen) atoms. The maximum atomic E-state index is 11.9. The van der Waals surface area contributed by atoms with Gasteiger partial charge in [-0.1, -0.05) is 24.3 Å². The molecule has 0 bridgehead atoms. The van der Waals surface area contributed by atoms with Crippen LogP contribution in [0.1, 0.15) is 17.2 Å². The van der Waals surface area contributed by atoms with E-state index in [2.05, 4.69) is 5.32 Å². The Morgan fingerprint density at radius 2 is 2.33 bits per heavy atom. The number of hydrogen-bond donors (Lipinski definition) is 3. The van der Waals surface area contributed by atoms with Crippen LogP contribution in [0.3, 0.4) is 0 Å². The van der Waals surface area contributed by atoms with Gasteiger partial charge in [0.15, 0.2) is 0 Å². The predicted octanol–water partition coefficient (Wildman–Crippen LogP) is -0.265. The van der Waals surface area contributed by atoms with Crippen molar-refractivity contribution in [3.63, 3.8) is 0 Å². The average Bonchev–Trinajstić information content (AvgIpc) is 2.68. The lowest BCUT2D eigenvalue weighted by Crippen LogP contribution is -2.44. The molecule has 0 saturated heterocycles. The van der Waals surface area contributed by atoms with Crippen LogP contribution in [0.4, 0.5) is 0 Å². The Kier molecular flexibility index (Phi) is 3.96. The topological polar surface area (TPSA) is 84.6 Å². The zero-order valence-corrected chi connectivity index (χ0v) is 10.3. The van der Waals surface area contributed by atoms with E-state index in [1.54, 1.807) is 0 Å². The maximum absolute atomic E-state index is 11.9. The summed E-state index contributed by atoms with van der Waals surface area (Å²) in [4.78, 5) is 11.9. The van der Waals surface area contributed by atoms with Gasteiger partial charge >= 0.3 is 0 Å². The average molecular weight is 250 g/mol. The molecule has 1 aliphatic rings. The Morgan fingerprint density at radius 3 is 3.00 bits per heavy atom. The van der Waals surface area contributed by atoms with Crippen molar-refractivity contribution in [1.29, 1.82) is 0 Å². The highest BCUT2D eigenvalue weighted by Gasteiger charge is 2.33. The molecule has 1 aliphatic carbocycles. The lowest BCUT2D eigenvalue weighted by atomic mass is 10.1. The van der Waals surface area contributed by atoms with Gasteiger partial charge in [-0.25, -0.2) is 0 Å². The Labute approximate surface area is 106 Å². The molecule has 0 radical (unpaired) electrons. The third-order valence-corrected chi connectivity index (χ3v) is 3.29. The third kappa shape index (κ3) is 2.38. The van der Waals surface area contributed by atoms with Crippen molar-refractivity contribution in [2.24, 2.45) is 5.73 Å². The molecule has 3 atom stereocenters. The highest BCUT2D eigenvalue weighted by Crippen LogP contribution is 2.31. The number of ether oxygens (including phenoxy) is 1. The van der Waals surface area contributed by atoms with E-state index in [-0.39, 0.29) is 18.5 Å². The second-order valence-electron chi connectivity index (χ2n) is 4.42. The predicted molar refractivity (Wildman–Crippen MR) is 66.9 cm³/mol. The first-order valence-electron chi connectivity index (χ1n) is 5.96. The summed E-state index contributed by atoms with van der Waals surface area (Å²) >= 11 is 0. The van der Waals surface area contributed by atoms with Gasteiger partial charge < -0.3 is 20.9 Å². The maximum Gasteiger partial charge on any atom is 0.251 e. The molecule has 98 valence electrons. The molecule has 1 aromatic carbocycles. The minimum Gasteiger partial charge on any atom is -0.390 e. The molecule has 1 aromatic rings. The van der Waals surface area contributed by atoms with Gasteiger partial charge in [0.05, 0.1) is 12.1 Å². The molecule has 3 unspecified atom stereocenters. The molecule has 2 rings (SSSR count). The van der Waals surface area contributed by atoms with E-state index < -0.39 is 12.2 Å². The van der Waals surface area contributed by atoms with Crippen LogP contribution in [0.15, 0.2) is 24.3 Å². The molecule has 0 aliphatic heterocycles. The van der Waals surface area contributed by atoms with Gasteiger partial charge in [-0.3, -0.25) is 4.79 Å². The number of carbonyl (C=O) groups excluding carboxylic acids is 1. The lowest BCUT2D eigenvalue weighted by molar-refractivity contribution is -0.132. The molecule has 0 saturated carbocycles. The molecule has 1 amide bonds. The monoisotopic (exact) mass is 250 g/mol. The van der Waals surface area contributed by atoms with Crippen molar-refractivity contribution in [3.05, 3.63) is 35.4 Å². The van der Waals surface area contributed by atoms with Crippen LogP contribution in [0.25, 0.3) is 0 Å². The van der Waals surface area contributed by atoms with E-state index in [1.807, 2.05) is 24.3 Å². The highest BCUT2D eigenvalue weighted by molar-refractivity contribution is 5.81. The van der Waals surface area contributed by atoms with Crippen molar-refractivity contribution < 1.29 is 14.6 Å². The summed E-state index contributed by atoms with van der Waals surface area (Å²) in [6.45, 7) is 0.118. The fourth-order valence-corrected chi connectivity index (χ4v) is 2.30. The van der Waals surface area contributed by atoms with Gasteiger partial charge in [0.2, 0.25) is 0 Å². The van der Waals surface area contributed by atoms with E-state index >= 15 is 0 Å². The van der Waals surface area contributed by atoms with E-state index in [0.717, 1.165) is 11.1 Å². The van der Waals surface area contributed by atoms with Crippen LogP contribution in [0.5, 0.6) is 0 Å². The van der Waals surface area contributed by atoms with Crippen LogP contribution in [0, 0.1) is 0 Å². The molecule has 5 nitrogen and oxygen atoms in total. The molecule has 0 aromatic heterocycles. The van der Waals surface area contributed by atoms with Gasteiger partial charge in [0.25, 0.3) is 5.91 Å². The molecule has 0 fully saturated rings. The summed E-state index contributed by atoms with van der Waals surface area (Å²) in [7, 11) is 1.44. The largest absolute Gasteiger partial charge is 0.390 e. The second-order valence-corrected chi connectivity index (χ2v) is 4.42. The number of methoxy groups -OCH3 is 1. The quantitative estimate of drug-likeness (QED) is 0.687. The van der Waals surface area contributed by atoms with E-state index in [1.165, 1.54) is 7.11 Å². The number of fused-ring (bicyclic) bond motifs is 1. The van der Waals surface area contributed by atoms with Crippen LogP contribution in [-0.4, -0.2) is 36.9 Å². The molecular weight excluding hydrogens is 232 g/mol. The van der Waals surface area contributed by atoms with E-state index in [9.17, 15) is 9.90 Å². The smallest absolute Gasteiger partial charge is 0.251 e. The fourth-order valence-electron chi connectivity index (χ4n) is 2.30. The Balaban J connectivity index is 2.12. The first kappa shape index (κ1) is 13.0. The number of nitrogens with one attached hydrogen (secondary N) is 1. The van der Waals surface area contributed by atoms with Crippen LogP contribution in [0.2, 0.25) is 0 Å². The Morgan fingerprint density at radius 1 is 1.61 bits per heavy atom. The van der Waals surface area contributed by atoms with Crippen molar-refractivity contribution in [2.45, 2.75) is 24.7 Å². The van der Waals surface area contributed by atoms with E-state index in [4.69, 9.17) is 10.5 Å². The number of carbonyl (C=O) groups is 1. The van der Waals surface area contributed by atoms with Crippen molar-refractivity contribution in [2.75, 3.05) is 13.7 Å². The molecule has 0 heterocycles. The standard InChI is InChI=1S/C13H18N2O3/c1-18-11(7-14)13(17)15-12-9-5-3-2-4-8(9)6-10(12)16/h2-5,10-12,16H,6-7,14H2,1H3,(H,15,17). The zero-order chi connectivity index (χ0) is 13.1.